The largest absolute Gasteiger partial charge is 0.371 e. The van der Waals surface area contributed by atoms with Crippen LogP contribution in [0.2, 0.25) is 0 Å². The molecule has 1 fully saturated rings. The first-order valence-electron chi connectivity index (χ1n) is 10.7. The van der Waals surface area contributed by atoms with Crippen molar-refractivity contribution in [2.75, 3.05) is 32.1 Å². The van der Waals surface area contributed by atoms with Crippen LogP contribution < -0.4 is 15.8 Å². The van der Waals surface area contributed by atoms with E-state index in [9.17, 15) is 9.59 Å². The maximum atomic E-state index is 13.0. The Kier molecular flexibility index (Phi) is 6.66. The zero-order valence-corrected chi connectivity index (χ0v) is 19.1. The second-order valence-corrected chi connectivity index (χ2v) is 8.73. The molecule has 0 spiro atoms. The molecule has 0 saturated carbocycles. The number of rotatable bonds is 5. The Hall–Kier alpha value is -2.60. The lowest BCUT2D eigenvalue weighted by molar-refractivity contribution is 0.0950. The SMILES string of the molecule is Cc1cc(C(=O)NCc2c(C)cc(C)[nH]c2=O)c(C)c(N(C)C2CCN(C)CC2)c1. The van der Waals surface area contributed by atoms with E-state index in [0.29, 0.717) is 17.2 Å². The standard InChI is InChI=1S/C24H34N4O2/c1-15-11-20(23(29)25-14-21-16(2)13-17(3)26-24(21)30)18(4)22(12-15)28(6)19-7-9-27(5)10-8-19/h11-13,19H,7-10,14H2,1-6H3,(H,25,29)(H,26,30). The van der Waals surface area contributed by atoms with Crippen molar-refractivity contribution in [2.45, 2.75) is 53.1 Å². The Morgan fingerprint density at radius 2 is 1.83 bits per heavy atom. The van der Waals surface area contributed by atoms with Crippen molar-refractivity contribution in [3.05, 3.63) is 62.1 Å². The van der Waals surface area contributed by atoms with Gasteiger partial charge in [-0.2, -0.15) is 0 Å². The van der Waals surface area contributed by atoms with Crippen molar-refractivity contribution in [2.24, 2.45) is 0 Å². The number of carbonyl (C=O) groups is 1. The molecule has 2 aromatic rings. The molecule has 1 saturated heterocycles. The van der Waals surface area contributed by atoms with Gasteiger partial charge in [0, 0.05) is 42.1 Å². The summed E-state index contributed by atoms with van der Waals surface area (Å²) in [5.41, 5.74) is 5.99. The van der Waals surface area contributed by atoms with Crippen molar-refractivity contribution in [1.29, 1.82) is 0 Å². The van der Waals surface area contributed by atoms with E-state index in [1.165, 1.54) is 0 Å². The van der Waals surface area contributed by atoms with Crippen molar-refractivity contribution < 1.29 is 4.79 Å². The van der Waals surface area contributed by atoms with Crippen molar-refractivity contribution >= 4 is 11.6 Å². The van der Waals surface area contributed by atoms with E-state index >= 15 is 0 Å². The van der Waals surface area contributed by atoms with Gasteiger partial charge in [0.05, 0.1) is 0 Å². The van der Waals surface area contributed by atoms with Gasteiger partial charge >= 0.3 is 0 Å². The van der Waals surface area contributed by atoms with Crippen LogP contribution in [0.25, 0.3) is 0 Å². The number of nitrogens with zero attached hydrogens (tertiary/aromatic N) is 2. The number of aromatic amines is 1. The Morgan fingerprint density at radius 1 is 1.17 bits per heavy atom. The fourth-order valence-electron chi connectivity index (χ4n) is 4.39. The lowest BCUT2D eigenvalue weighted by Gasteiger charge is -2.37. The molecule has 0 radical (unpaired) electrons. The van der Waals surface area contributed by atoms with E-state index in [1.54, 1.807) is 0 Å². The average molecular weight is 411 g/mol. The number of amides is 1. The topological polar surface area (TPSA) is 68.4 Å². The molecule has 3 rings (SSSR count). The van der Waals surface area contributed by atoms with Crippen LogP contribution in [-0.4, -0.2) is 49.0 Å². The zero-order valence-electron chi connectivity index (χ0n) is 19.1. The van der Waals surface area contributed by atoms with Gasteiger partial charge in [-0.25, -0.2) is 0 Å². The summed E-state index contributed by atoms with van der Waals surface area (Å²) >= 11 is 0. The number of carbonyl (C=O) groups excluding carboxylic acids is 1. The van der Waals surface area contributed by atoms with Crippen LogP contribution in [0, 0.1) is 27.7 Å². The number of benzene rings is 1. The van der Waals surface area contributed by atoms with Crippen LogP contribution in [0.5, 0.6) is 0 Å². The third-order valence-electron chi connectivity index (χ3n) is 6.30. The van der Waals surface area contributed by atoms with Crippen LogP contribution in [0.4, 0.5) is 5.69 Å². The van der Waals surface area contributed by atoms with Gasteiger partial charge in [0.25, 0.3) is 11.5 Å². The Morgan fingerprint density at radius 3 is 2.47 bits per heavy atom. The van der Waals surface area contributed by atoms with E-state index in [1.807, 2.05) is 39.8 Å². The quantitative estimate of drug-likeness (QED) is 0.795. The molecule has 2 heterocycles. The molecule has 0 unspecified atom stereocenters. The lowest BCUT2D eigenvalue weighted by atomic mass is 9.98. The molecule has 1 aromatic heterocycles. The Balaban J connectivity index is 1.81. The van der Waals surface area contributed by atoms with Crippen LogP contribution >= 0.6 is 0 Å². The van der Waals surface area contributed by atoms with Crippen molar-refractivity contribution in [3.63, 3.8) is 0 Å². The normalized spacial score (nSPS) is 15.3. The summed E-state index contributed by atoms with van der Waals surface area (Å²) in [5.74, 6) is -0.145. The molecule has 162 valence electrons. The molecule has 1 amide bonds. The highest BCUT2D eigenvalue weighted by molar-refractivity contribution is 5.97. The number of piperidine rings is 1. The Labute approximate surface area is 179 Å². The molecule has 2 N–H and O–H groups in total. The van der Waals surface area contributed by atoms with E-state index in [-0.39, 0.29) is 18.0 Å². The highest BCUT2D eigenvalue weighted by Crippen LogP contribution is 2.29. The zero-order chi connectivity index (χ0) is 22.0. The number of aromatic nitrogens is 1. The van der Waals surface area contributed by atoms with Gasteiger partial charge in [-0.15, -0.1) is 0 Å². The minimum absolute atomic E-state index is 0.142. The van der Waals surface area contributed by atoms with E-state index in [0.717, 1.165) is 54.0 Å². The van der Waals surface area contributed by atoms with Gasteiger partial charge in [-0.05, 0) is 95.6 Å². The van der Waals surface area contributed by atoms with Crippen LogP contribution in [-0.2, 0) is 6.54 Å². The minimum atomic E-state index is -0.145. The molecule has 30 heavy (non-hydrogen) atoms. The molecule has 0 atom stereocenters. The first-order chi connectivity index (χ1) is 14.2. The second kappa shape index (κ2) is 9.04. The number of aryl methyl sites for hydroxylation is 3. The summed E-state index contributed by atoms with van der Waals surface area (Å²) in [4.78, 5) is 32.8. The monoisotopic (exact) mass is 410 g/mol. The number of nitrogens with one attached hydrogen (secondary N) is 2. The first kappa shape index (κ1) is 22.1. The van der Waals surface area contributed by atoms with Gasteiger partial charge in [0.1, 0.15) is 0 Å². The maximum Gasteiger partial charge on any atom is 0.253 e. The molecule has 0 bridgehead atoms. The number of anilines is 1. The fourth-order valence-corrected chi connectivity index (χ4v) is 4.39. The van der Waals surface area contributed by atoms with Crippen molar-refractivity contribution in [1.82, 2.24) is 15.2 Å². The summed E-state index contributed by atoms with van der Waals surface area (Å²) < 4.78 is 0. The third-order valence-corrected chi connectivity index (χ3v) is 6.30. The number of hydrogen-bond acceptors (Lipinski definition) is 4. The van der Waals surface area contributed by atoms with Gasteiger partial charge in [0.15, 0.2) is 0 Å². The summed E-state index contributed by atoms with van der Waals surface area (Å²) in [6.07, 6.45) is 2.24. The van der Waals surface area contributed by atoms with E-state index in [4.69, 9.17) is 0 Å². The molecule has 1 aromatic carbocycles. The van der Waals surface area contributed by atoms with Gasteiger partial charge in [0.2, 0.25) is 0 Å². The Bertz CT molecular complexity index is 987. The smallest absolute Gasteiger partial charge is 0.253 e. The van der Waals surface area contributed by atoms with Gasteiger partial charge < -0.3 is 20.1 Å². The molecular weight excluding hydrogens is 376 g/mol. The molecule has 6 nitrogen and oxygen atoms in total. The number of likely N-dealkylation sites (tertiary alicyclic amines) is 1. The maximum absolute atomic E-state index is 13.0. The molecule has 1 aliphatic rings. The highest BCUT2D eigenvalue weighted by Gasteiger charge is 2.23. The average Bonchev–Trinajstić information content (AvgIpc) is 2.68. The molecular formula is C24H34N4O2. The predicted molar refractivity (Wildman–Crippen MR) is 123 cm³/mol. The molecule has 0 aliphatic carbocycles. The number of hydrogen-bond donors (Lipinski definition) is 2. The lowest BCUT2D eigenvalue weighted by Crippen LogP contribution is -2.42. The third kappa shape index (κ3) is 4.75. The predicted octanol–water partition coefficient (Wildman–Crippen LogP) is 3.07. The summed E-state index contributed by atoms with van der Waals surface area (Å²) in [7, 11) is 4.30. The molecule has 6 heteroatoms. The van der Waals surface area contributed by atoms with Crippen molar-refractivity contribution in [3.8, 4) is 0 Å². The van der Waals surface area contributed by atoms with E-state index in [2.05, 4.69) is 40.3 Å². The summed E-state index contributed by atoms with van der Waals surface area (Å²) in [6, 6.07) is 6.50. The highest BCUT2D eigenvalue weighted by atomic mass is 16.1. The summed E-state index contributed by atoms with van der Waals surface area (Å²) in [5, 5.41) is 2.95. The second-order valence-electron chi connectivity index (χ2n) is 8.73. The minimum Gasteiger partial charge on any atom is -0.371 e. The van der Waals surface area contributed by atoms with Crippen LogP contribution in [0.1, 0.15) is 51.1 Å². The molecule has 1 aliphatic heterocycles. The summed E-state index contributed by atoms with van der Waals surface area (Å²) in [6.45, 7) is 10.2. The van der Waals surface area contributed by atoms with Crippen LogP contribution in [0.3, 0.4) is 0 Å². The fraction of sp³-hybridized carbons (Fsp3) is 0.500. The first-order valence-corrected chi connectivity index (χ1v) is 10.7. The van der Waals surface area contributed by atoms with E-state index < -0.39 is 0 Å². The van der Waals surface area contributed by atoms with Gasteiger partial charge in [-0.3, -0.25) is 9.59 Å². The van der Waals surface area contributed by atoms with Crippen LogP contribution in [0.15, 0.2) is 23.0 Å². The number of H-pyrrole nitrogens is 1. The van der Waals surface area contributed by atoms with Gasteiger partial charge in [-0.1, -0.05) is 0 Å². The number of pyridine rings is 1.